The Labute approximate surface area is 515 Å². The second kappa shape index (κ2) is 71.1. The summed E-state index contributed by atoms with van der Waals surface area (Å²) in [6.45, 7) is 6.50. The van der Waals surface area contributed by atoms with Crippen LogP contribution >= 0.6 is 0 Å². The van der Waals surface area contributed by atoms with Gasteiger partial charge in [-0.2, -0.15) is 0 Å². The largest absolute Gasteiger partial charge is 0.462 e. The fourth-order valence-electron chi connectivity index (χ4n) is 10.5. The third-order valence-electron chi connectivity index (χ3n) is 15.9. The smallest absolute Gasteiger partial charge is 0.306 e. The highest BCUT2D eigenvalue weighted by Gasteiger charge is 2.19. The van der Waals surface area contributed by atoms with Gasteiger partial charge in [0.25, 0.3) is 0 Å². The van der Waals surface area contributed by atoms with Crippen LogP contribution in [0.15, 0.2) is 85.1 Å². The summed E-state index contributed by atoms with van der Waals surface area (Å²) >= 11 is 0. The van der Waals surface area contributed by atoms with Crippen LogP contribution in [0.4, 0.5) is 0 Å². The number of ether oxygens (including phenoxy) is 3. The second-order valence-electron chi connectivity index (χ2n) is 24.1. The van der Waals surface area contributed by atoms with Gasteiger partial charge in [-0.15, -0.1) is 0 Å². The van der Waals surface area contributed by atoms with Crippen LogP contribution < -0.4 is 0 Å². The molecule has 0 aromatic carbocycles. The minimum Gasteiger partial charge on any atom is -0.462 e. The van der Waals surface area contributed by atoms with E-state index >= 15 is 0 Å². The molecule has 83 heavy (non-hydrogen) atoms. The van der Waals surface area contributed by atoms with Gasteiger partial charge in [-0.05, 0) is 89.9 Å². The van der Waals surface area contributed by atoms with Crippen molar-refractivity contribution >= 4 is 17.9 Å². The van der Waals surface area contributed by atoms with Crippen molar-refractivity contribution in [3.8, 4) is 0 Å². The Kier molecular flexibility index (Phi) is 68.2. The molecule has 0 radical (unpaired) electrons. The fourth-order valence-corrected chi connectivity index (χ4v) is 10.5. The Morgan fingerprint density at radius 1 is 0.253 bits per heavy atom. The van der Waals surface area contributed by atoms with Crippen molar-refractivity contribution in [1.29, 1.82) is 0 Å². The molecule has 480 valence electrons. The predicted octanol–water partition coefficient (Wildman–Crippen LogP) is 25.0. The monoisotopic (exact) mass is 1160 g/mol. The number of hydrogen-bond acceptors (Lipinski definition) is 6. The lowest BCUT2D eigenvalue weighted by Gasteiger charge is -2.18. The van der Waals surface area contributed by atoms with E-state index in [-0.39, 0.29) is 37.5 Å². The zero-order valence-corrected chi connectivity index (χ0v) is 55.2. The number of unbranched alkanes of at least 4 members (excludes halogenated alkanes) is 41. The molecule has 0 aliphatic rings. The second-order valence-corrected chi connectivity index (χ2v) is 24.1. The summed E-state index contributed by atoms with van der Waals surface area (Å²) in [4.78, 5) is 38.4. The standard InChI is InChI=1S/C77H136O6/c1-4-7-10-13-16-19-22-25-28-31-32-33-34-35-36-37-38-39-40-41-42-43-44-45-47-49-52-55-58-61-64-67-70-76(79)82-73-74(72-81-75(78)69-66-63-60-57-54-51-48-30-27-24-21-18-15-12-9-6-3)83-77(80)71-68-65-62-59-56-53-50-46-29-26-23-20-17-14-11-8-5-2/h8,11,17,20-21,24,26,29-30,48,50,53,59,62,74H,4-7,9-10,12-16,18-19,22-23,25,27-28,31-47,49,51-52,54-58,60-61,63-73H2,1-3H3/b11-8-,20-17-,24-21-,29-26-,48-30-,53-50-,62-59-. The van der Waals surface area contributed by atoms with E-state index in [1.165, 1.54) is 218 Å². The van der Waals surface area contributed by atoms with Crippen LogP contribution in [0.1, 0.15) is 367 Å². The maximum absolute atomic E-state index is 12.9. The van der Waals surface area contributed by atoms with Gasteiger partial charge in [0, 0.05) is 19.3 Å². The van der Waals surface area contributed by atoms with Crippen molar-refractivity contribution in [2.75, 3.05) is 13.2 Å². The minimum atomic E-state index is -0.813. The Morgan fingerprint density at radius 2 is 0.482 bits per heavy atom. The van der Waals surface area contributed by atoms with E-state index in [2.05, 4.69) is 106 Å². The van der Waals surface area contributed by atoms with Gasteiger partial charge >= 0.3 is 17.9 Å². The SMILES string of the molecule is CC/C=C\C/C=C\C/C=C\C/C=C\C/C=C\CCCC(=O)OC(COC(=O)CCCCCCC/C=C\C/C=C\CCCCCC)COC(=O)CCCCCCCCCCCCCCCCCCCCCCCCCCCCCCCCCC. The quantitative estimate of drug-likeness (QED) is 0.0261. The van der Waals surface area contributed by atoms with Crippen molar-refractivity contribution in [2.24, 2.45) is 0 Å². The first-order valence-corrected chi connectivity index (χ1v) is 36.1. The molecule has 6 nitrogen and oxygen atoms in total. The molecule has 0 rings (SSSR count). The minimum absolute atomic E-state index is 0.101. The van der Waals surface area contributed by atoms with Gasteiger partial charge in [0.2, 0.25) is 0 Å². The van der Waals surface area contributed by atoms with Crippen molar-refractivity contribution in [3.63, 3.8) is 0 Å². The lowest BCUT2D eigenvalue weighted by atomic mass is 10.0. The summed E-state index contributed by atoms with van der Waals surface area (Å²) in [7, 11) is 0. The molecule has 6 heteroatoms. The van der Waals surface area contributed by atoms with Crippen LogP contribution in [0.25, 0.3) is 0 Å². The number of carbonyl (C=O) groups is 3. The molecule has 0 aliphatic heterocycles. The molecular weight excluding hydrogens is 1020 g/mol. The van der Waals surface area contributed by atoms with Crippen molar-refractivity contribution in [1.82, 2.24) is 0 Å². The van der Waals surface area contributed by atoms with Gasteiger partial charge in [0.05, 0.1) is 0 Å². The molecule has 1 atom stereocenters. The van der Waals surface area contributed by atoms with Gasteiger partial charge < -0.3 is 14.2 Å². The molecule has 0 fully saturated rings. The molecule has 1 unspecified atom stereocenters. The van der Waals surface area contributed by atoms with Gasteiger partial charge in [-0.3, -0.25) is 14.4 Å². The molecule has 0 N–H and O–H groups in total. The summed E-state index contributed by atoms with van der Waals surface area (Å²) in [5.41, 5.74) is 0. The van der Waals surface area contributed by atoms with E-state index in [4.69, 9.17) is 14.2 Å². The highest BCUT2D eigenvalue weighted by molar-refractivity contribution is 5.71. The molecule has 0 saturated heterocycles. The van der Waals surface area contributed by atoms with Crippen LogP contribution in [-0.4, -0.2) is 37.2 Å². The summed E-state index contributed by atoms with van der Waals surface area (Å²) in [5.74, 6) is -0.958. The normalized spacial score (nSPS) is 12.6. The van der Waals surface area contributed by atoms with Crippen molar-refractivity contribution < 1.29 is 28.6 Å². The Hall–Kier alpha value is -3.41. The van der Waals surface area contributed by atoms with E-state index in [0.717, 1.165) is 103 Å². The van der Waals surface area contributed by atoms with Gasteiger partial charge in [-0.25, -0.2) is 0 Å². The Morgan fingerprint density at radius 3 is 0.783 bits per heavy atom. The molecule has 0 spiro atoms. The summed E-state index contributed by atoms with van der Waals surface area (Å²) in [5, 5.41) is 0. The zero-order valence-electron chi connectivity index (χ0n) is 55.2. The molecule has 0 saturated carbocycles. The number of hydrogen-bond donors (Lipinski definition) is 0. The predicted molar refractivity (Wildman–Crippen MR) is 362 cm³/mol. The average Bonchev–Trinajstić information content (AvgIpc) is 3.49. The lowest BCUT2D eigenvalue weighted by Crippen LogP contribution is -2.30. The van der Waals surface area contributed by atoms with Crippen LogP contribution in [0.5, 0.6) is 0 Å². The number of allylic oxidation sites excluding steroid dienone is 14. The van der Waals surface area contributed by atoms with Crippen LogP contribution in [0.3, 0.4) is 0 Å². The van der Waals surface area contributed by atoms with Crippen LogP contribution in [0.2, 0.25) is 0 Å². The zero-order chi connectivity index (χ0) is 59.9. The van der Waals surface area contributed by atoms with E-state index in [1.807, 2.05) is 0 Å². The molecule has 0 heterocycles. The highest BCUT2D eigenvalue weighted by atomic mass is 16.6. The van der Waals surface area contributed by atoms with Gasteiger partial charge in [0.15, 0.2) is 6.10 Å². The maximum atomic E-state index is 12.9. The van der Waals surface area contributed by atoms with E-state index < -0.39 is 6.10 Å². The van der Waals surface area contributed by atoms with Gasteiger partial charge in [-0.1, -0.05) is 343 Å². The van der Waals surface area contributed by atoms with E-state index in [0.29, 0.717) is 19.3 Å². The maximum Gasteiger partial charge on any atom is 0.306 e. The molecule has 0 aliphatic carbocycles. The van der Waals surface area contributed by atoms with Gasteiger partial charge in [0.1, 0.15) is 13.2 Å². The lowest BCUT2D eigenvalue weighted by molar-refractivity contribution is -0.167. The first-order chi connectivity index (χ1) is 41.0. The molecular formula is C77H136O6. The molecule has 0 bridgehead atoms. The van der Waals surface area contributed by atoms with Crippen molar-refractivity contribution in [3.05, 3.63) is 85.1 Å². The Balaban J connectivity index is 4.23. The summed E-state index contributed by atoms with van der Waals surface area (Å²) < 4.78 is 16.9. The molecule has 0 aromatic rings. The first-order valence-electron chi connectivity index (χ1n) is 36.1. The summed E-state index contributed by atoms with van der Waals surface area (Å²) in [6.07, 6.45) is 95.0. The van der Waals surface area contributed by atoms with E-state index in [9.17, 15) is 14.4 Å². The number of esters is 3. The van der Waals surface area contributed by atoms with Crippen molar-refractivity contribution in [2.45, 2.75) is 374 Å². The average molecular weight is 1160 g/mol. The molecule has 0 aromatic heterocycles. The summed E-state index contributed by atoms with van der Waals surface area (Å²) in [6, 6.07) is 0. The van der Waals surface area contributed by atoms with Crippen LogP contribution in [-0.2, 0) is 28.6 Å². The third kappa shape index (κ3) is 69.3. The number of rotatable bonds is 66. The first kappa shape index (κ1) is 79.6. The van der Waals surface area contributed by atoms with Crippen LogP contribution in [0, 0.1) is 0 Å². The fraction of sp³-hybridized carbons (Fsp3) is 0.779. The number of carbonyl (C=O) groups excluding carboxylic acids is 3. The highest BCUT2D eigenvalue weighted by Crippen LogP contribution is 2.18. The topological polar surface area (TPSA) is 78.9 Å². The van der Waals surface area contributed by atoms with E-state index in [1.54, 1.807) is 0 Å². The third-order valence-corrected chi connectivity index (χ3v) is 15.9. The Bertz CT molecular complexity index is 1570. The molecule has 0 amide bonds.